The van der Waals surface area contributed by atoms with Crippen LogP contribution >= 0.6 is 15.9 Å². The lowest BCUT2D eigenvalue weighted by atomic mass is 10.1. The average Bonchev–Trinajstić information content (AvgIpc) is 2.66. The van der Waals surface area contributed by atoms with Gasteiger partial charge in [0.2, 0.25) is 5.91 Å². The molecule has 126 valence electrons. The van der Waals surface area contributed by atoms with Crippen LogP contribution in [0, 0.1) is 0 Å². The maximum absolute atomic E-state index is 13.1. The predicted octanol–water partition coefficient (Wildman–Crippen LogP) is 2.11. The first-order valence-corrected chi connectivity index (χ1v) is 7.58. The van der Waals surface area contributed by atoms with Gasteiger partial charge in [-0.2, -0.15) is 13.2 Å². The highest BCUT2D eigenvalue weighted by atomic mass is 79.9. The lowest BCUT2D eigenvalue weighted by molar-refractivity contribution is -0.191. The molecule has 1 N–H and O–H groups in total. The molecule has 0 aliphatic carbocycles. The summed E-state index contributed by atoms with van der Waals surface area (Å²) in [5, 5.41) is 2.33. The number of benzene rings is 1. The summed E-state index contributed by atoms with van der Waals surface area (Å²) in [6.45, 7) is -0.762. The van der Waals surface area contributed by atoms with Crippen LogP contribution in [-0.2, 0) is 9.59 Å². The monoisotopic (exact) mass is 394 g/mol. The minimum atomic E-state index is -4.67. The van der Waals surface area contributed by atoms with E-state index in [9.17, 15) is 22.8 Å². The first-order valence-electron chi connectivity index (χ1n) is 6.78. The summed E-state index contributed by atoms with van der Waals surface area (Å²) >= 11 is 3.23. The second-order valence-electron chi connectivity index (χ2n) is 4.94. The lowest BCUT2D eigenvalue weighted by Crippen LogP contribution is -2.50. The van der Waals surface area contributed by atoms with E-state index in [-0.39, 0.29) is 13.1 Å². The van der Waals surface area contributed by atoms with Gasteiger partial charge in [0, 0.05) is 17.6 Å². The molecular weight excluding hydrogens is 381 g/mol. The first kappa shape index (κ1) is 17.6. The van der Waals surface area contributed by atoms with Gasteiger partial charge in [-0.25, -0.2) is 0 Å². The van der Waals surface area contributed by atoms with Crippen molar-refractivity contribution < 1.29 is 27.5 Å². The van der Waals surface area contributed by atoms with Crippen molar-refractivity contribution in [3.05, 3.63) is 28.7 Å². The van der Waals surface area contributed by atoms with Crippen LogP contribution in [0.25, 0.3) is 0 Å². The number of hydrogen-bond acceptors (Lipinski definition) is 3. The molecule has 1 heterocycles. The molecule has 1 atom stereocenters. The SMILES string of the molecule is O=C1C[C@@H](C(F)(F)F)N(C(=O)COc2cccc(Br)c2)CCN1. The Morgan fingerprint density at radius 1 is 1.43 bits per heavy atom. The highest BCUT2D eigenvalue weighted by Crippen LogP contribution is 2.28. The van der Waals surface area contributed by atoms with Gasteiger partial charge in [-0.05, 0) is 18.2 Å². The molecule has 2 rings (SSSR count). The van der Waals surface area contributed by atoms with E-state index in [0.717, 1.165) is 4.47 Å². The van der Waals surface area contributed by atoms with Gasteiger partial charge in [-0.3, -0.25) is 9.59 Å². The fourth-order valence-corrected chi connectivity index (χ4v) is 2.58. The fraction of sp³-hybridized carbons (Fsp3) is 0.429. The van der Waals surface area contributed by atoms with Crippen LogP contribution in [0.2, 0.25) is 0 Å². The molecule has 0 unspecified atom stereocenters. The number of rotatable bonds is 3. The molecule has 0 bridgehead atoms. The van der Waals surface area contributed by atoms with E-state index < -0.39 is 37.1 Å². The second-order valence-corrected chi connectivity index (χ2v) is 5.86. The number of nitrogens with one attached hydrogen (secondary N) is 1. The summed E-state index contributed by atoms with van der Waals surface area (Å²) in [6, 6.07) is 4.48. The van der Waals surface area contributed by atoms with E-state index in [4.69, 9.17) is 4.74 Å². The quantitative estimate of drug-likeness (QED) is 0.853. The number of carbonyl (C=O) groups is 2. The number of carbonyl (C=O) groups excluding carboxylic acids is 2. The summed E-state index contributed by atoms with van der Waals surface area (Å²) in [7, 11) is 0. The third-order valence-electron chi connectivity index (χ3n) is 3.29. The molecule has 0 radical (unpaired) electrons. The molecule has 1 fully saturated rings. The smallest absolute Gasteiger partial charge is 0.409 e. The zero-order chi connectivity index (χ0) is 17.0. The number of alkyl halides is 3. The Hall–Kier alpha value is -1.77. The summed E-state index contributed by atoms with van der Waals surface area (Å²) < 4.78 is 45.3. The fourth-order valence-electron chi connectivity index (χ4n) is 2.21. The first-order chi connectivity index (χ1) is 10.8. The Bertz CT molecular complexity index is 595. The van der Waals surface area contributed by atoms with Crippen molar-refractivity contribution in [3.63, 3.8) is 0 Å². The molecule has 1 aliphatic rings. The minimum absolute atomic E-state index is 0.0198. The Morgan fingerprint density at radius 2 is 2.17 bits per heavy atom. The number of nitrogens with zero attached hydrogens (tertiary/aromatic N) is 1. The third kappa shape index (κ3) is 4.85. The second kappa shape index (κ2) is 7.20. The van der Waals surface area contributed by atoms with E-state index in [1.54, 1.807) is 24.3 Å². The summed E-state index contributed by atoms with van der Waals surface area (Å²) in [6.07, 6.45) is -5.47. The van der Waals surface area contributed by atoms with Crippen LogP contribution in [-0.4, -0.2) is 48.6 Å². The van der Waals surface area contributed by atoms with Crippen molar-refractivity contribution in [2.75, 3.05) is 19.7 Å². The van der Waals surface area contributed by atoms with Crippen molar-refractivity contribution in [1.29, 1.82) is 0 Å². The highest BCUT2D eigenvalue weighted by Gasteiger charge is 2.47. The van der Waals surface area contributed by atoms with E-state index in [0.29, 0.717) is 10.6 Å². The summed E-state index contributed by atoms with van der Waals surface area (Å²) in [5.41, 5.74) is 0. The van der Waals surface area contributed by atoms with Crippen LogP contribution in [0.5, 0.6) is 5.75 Å². The standard InChI is InChI=1S/C14H14BrF3N2O3/c15-9-2-1-3-10(6-9)23-8-13(22)20-5-4-19-12(21)7-11(20)14(16,17)18/h1-3,6,11H,4-5,7-8H2,(H,19,21)/t11-/m0/s1. The highest BCUT2D eigenvalue weighted by molar-refractivity contribution is 9.10. The molecule has 1 aliphatic heterocycles. The number of hydrogen-bond donors (Lipinski definition) is 1. The number of halogens is 4. The molecule has 23 heavy (non-hydrogen) atoms. The van der Waals surface area contributed by atoms with Gasteiger partial charge in [0.05, 0.1) is 6.42 Å². The van der Waals surface area contributed by atoms with Gasteiger partial charge in [-0.1, -0.05) is 22.0 Å². The van der Waals surface area contributed by atoms with Crippen molar-refractivity contribution in [3.8, 4) is 5.75 Å². The van der Waals surface area contributed by atoms with Crippen molar-refractivity contribution >= 4 is 27.7 Å². The molecule has 0 spiro atoms. The Labute approximate surface area is 138 Å². The Kier molecular flexibility index (Phi) is 5.51. The van der Waals surface area contributed by atoms with Gasteiger partial charge < -0.3 is 15.0 Å². The molecular formula is C14H14BrF3N2O3. The van der Waals surface area contributed by atoms with Crippen molar-refractivity contribution in [1.82, 2.24) is 10.2 Å². The predicted molar refractivity (Wildman–Crippen MR) is 78.8 cm³/mol. The zero-order valence-electron chi connectivity index (χ0n) is 11.9. The van der Waals surface area contributed by atoms with Gasteiger partial charge in [0.25, 0.3) is 5.91 Å². The Balaban J connectivity index is 2.07. The molecule has 2 amide bonds. The van der Waals surface area contributed by atoms with E-state index in [1.807, 2.05) is 0 Å². The molecule has 1 aromatic rings. The largest absolute Gasteiger partial charge is 0.484 e. The van der Waals surface area contributed by atoms with E-state index in [1.165, 1.54) is 0 Å². The van der Waals surface area contributed by atoms with Crippen LogP contribution < -0.4 is 10.1 Å². The van der Waals surface area contributed by atoms with Gasteiger partial charge in [-0.15, -0.1) is 0 Å². The number of amides is 2. The minimum Gasteiger partial charge on any atom is -0.484 e. The topological polar surface area (TPSA) is 58.6 Å². The zero-order valence-corrected chi connectivity index (χ0v) is 13.5. The molecule has 0 saturated carbocycles. The van der Waals surface area contributed by atoms with Crippen LogP contribution in [0.3, 0.4) is 0 Å². The van der Waals surface area contributed by atoms with Crippen molar-refractivity contribution in [2.45, 2.75) is 18.6 Å². The van der Waals surface area contributed by atoms with E-state index >= 15 is 0 Å². The maximum Gasteiger partial charge on any atom is 0.409 e. The van der Waals surface area contributed by atoms with E-state index in [2.05, 4.69) is 21.2 Å². The van der Waals surface area contributed by atoms with Crippen molar-refractivity contribution in [2.24, 2.45) is 0 Å². The summed E-state index contributed by atoms with van der Waals surface area (Å²) in [4.78, 5) is 24.1. The molecule has 5 nitrogen and oxygen atoms in total. The summed E-state index contributed by atoms with van der Waals surface area (Å²) in [5.74, 6) is -1.18. The Morgan fingerprint density at radius 3 is 2.83 bits per heavy atom. The van der Waals surface area contributed by atoms with Gasteiger partial charge >= 0.3 is 6.18 Å². The maximum atomic E-state index is 13.1. The van der Waals surface area contributed by atoms with Crippen LogP contribution in [0.4, 0.5) is 13.2 Å². The lowest BCUT2D eigenvalue weighted by Gasteiger charge is -2.30. The molecule has 0 aromatic heterocycles. The average molecular weight is 395 g/mol. The number of ether oxygens (including phenoxy) is 1. The molecule has 9 heteroatoms. The van der Waals surface area contributed by atoms with Gasteiger partial charge in [0.1, 0.15) is 11.8 Å². The molecule has 1 aromatic carbocycles. The van der Waals surface area contributed by atoms with Gasteiger partial charge in [0.15, 0.2) is 6.61 Å². The molecule has 1 saturated heterocycles. The van der Waals surface area contributed by atoms with Crippen LogP contribution in [0.15, 0.2) is 28.7 Å². The third-order valence-corrected chi connectivity index (χ3v) is 3.78. The normalized spacial score (nSPS) is 19.0. The van der Waals surface area contributed by atoms with Crippen LogP contribution in [0.1, 0.15) is 6.42 Å².